The fraction of sp³-hybridized carbons (Fsp3) is 0.625. The van der Waals surface area contributed by atoms with Gasteiger partial charge in [0.05, 0.1) is 37.6 Å². The van der Waals surface area contributed by atoms with Gasteiger partial charge < -0.3 is 14.2 Å². The molecule has 1 fully saturated rings. The maximum absolute atomic E-state index is 13.2. The summed E-state index contributed by atoms with van der Waals surface area (Å²) in [6.45, 7) is 11.6. The number of hydrogen-bond acceptors (Lipinski definition) is 6. The third-order valence-corrected chi connectivity index (χ3v) is 7.84. The normalized spacial score (nSPS) is 24.5. The largest absolute Gasteiger partial charge is 0.494 e. The Labute approximate surface area is 185 Å². The average Bonchev–Trinajstić information content (AvgIpc) is 2.70. The Morgan fingerprint density at radius 3 is 2.32 bits per heavy atom. The number of esters is 2. The first-order valence-corrected chi connectivity index (χ1v) is 15.0. The highest BCUT2D eigenvalue weighted by Crippen LogP contribution is 2.55. The van der Waals surface area contributed by atoms with E-state index in [9.17, 15) is 14.4 Å². The Kier molecular flexibility index (Phi) is 7.24. The van der Waals surface area contributed by atoms with Crippen LogP contribution < -0.4 is 4.74 Å². The Balaban J connectivity index is 1.96. The van der Waals surface area contributed by atoms with Crippen molar-refractivity contribution in [1.29, 1.82) is 0 Å². The van der Waals surface area contributed by atoms with E-state index in [-0.39, 0.29) is 24.7 Å². The number of hydrogen-bond donors (Lipinski definition) is 0. The second-order valence-electron chi connectivity index (χ2n) is 9.68. The molecule has 2 bridgehead atoms. The van der Waals surface area contributed by atoms with Gasteiger partial charge in [0, 0.05) is 20.4 Å². The van der Waals surface area contributed by atoms with E-state index in [0.29, 0.717) is 25.4 Å². The number of benzene rings is 1. The van der Waals surface area contributed by atoms with E-state index in [4.69, 9.17) is 14.2 Å². The highest BCUT2D eigenvalue weighted by Gasteiger charge is 2.57. The van der Waals surface area contributed by atoms with E-state index in [1.54, 1.807) is 0 Å². The average molecular weight is 447 g/mol. The van der Waals surface area contributed by atoms with Gasteiger partial charge >= 0.3 is 11.9 Å². The zero-order valence-corrected chi connectivity index (χ0v) is 20.2. The maximum atomic E-state index is 13.2. The molecular weight excluding hydrogens is 412 g/mol. The lowest BCUT2D eigenvalue weighted by Gasteiger charge is -2.46. The lowest BCUT2D eigenvalue weighted by atomic mass is 9.55. The summed E-state index contributed by atoms with van der Waals surface area (Å²) in [7, 11) is -1.37. The highest BCUT2D eigenvalue weighted by molar-refractivity contribution is 6.76. The Bertz CT molecular complexity index is 843. The molecule has 0 spiro atoms. The lowest BCUT2D eigenvalue weighted by Crippen LogP contribution is -2.50. The van der Waals surface area contributed by atoms with Crippen molar-refractivity contribution >= 4 is 25.8 Å². The van der Waals surface area contributed by atoms with Gasteiger partial charge in [0.15, 0.2) is 0 Å². The molecule has 1 aromatic rings. The molecule has 4 atom stereocenters. The molecule has 4 unspecified atom stereocenters. The van der Waals surface area contributed by atoms with Crippen molar-refractivity contribution in [2.45, 2.75) is 64.2 Å². The van der Waals surface area contributed by atoms with Crippen LogP contribution in [0.3, 0.4) is 0 Å². The van der Waals surface area contributed by atoms with Crippen molar-refractivity contribution in [1.82, 2.24) is 0 Å². The number of carbonyl (C=O) groups excluding carboxylic acids is 3. The number of fused-ring (bicyclic) bond motifs is 2. The fourth-order valence-corrected chi connectivity index (χ4v) is 5.38. The van der Waals surface area contributed by atoms with Crippen molar-refractivity contribution in [2.75, 3.05) is 19.8 Å². The lowest BCUT2D eigenvalue weighted by molar-refractivity contribution is -0.167. The summed E-state index contributed by atoms with van der Waals surface area (Å²) in [5.74, 6) is -2.84. The molecule has 0 aliphatic heterocycles. The van der Waals surface area contributed by atoms with Gasteiger partial charge in [-0.2, -0.15) is 0 Å². The van der Waals surface area contributed by atoms with E-state index in [1.165, 1.54) is 0 Å². The van der Waals surface area contributed by atoms with E-state index < -0.39 is 37.8 Å². The second-order valence-corrected chi connectivity index (χ2v) is 15.3. The summed E-state index contributed by atoms with van der Waals surface area (Å²) in [5, 5.41) is 0. The van der Waals surface area contributed by atoms with Gasteiger partial charge in [0.25, 0.3) is 0 Å². The van der Waals surface area contributed by atoms with Gasteiger partial charge in [0.1, 0.15) is 11.5 Å². The zero-order valence-electron chi connectivity index (χ0n) is 19.2. The Hall–Kier alpha value is -2.15. The Morgan fingerprint density at radius 2 is 1.68 bits per heavy atom. The third kappa shape index (κ3) is 5.02. The van der Waals surface area contributed by atoms with Crippen LogP contribution in [0, 0.1) is 11.8 Å². The van der Waals surface area contributed by atoms with Crippen LogP contribution in [0.15, 0.2) is 18.2 Å². The smallest absolute Gasteiger partial charge is 0.310 e. The van der Waals surface area contributed by atoms with Crippen LogP contribution in [0.25, 0.3) is 0 Å². The van der Waals surface area contributed by atoms with Crippen LogP contribution in [-0.4, -0.2) is 45.6 Å². The van der Waals surface area contributed by atoms with Gasteiger partial charge in [-0.05, 0) is 42.6 Å². The highest BCUT2D eigenvalue weighted by atomic mass is 28.3. The monoisotopic (exact) mass is 446 g/mol. The van der Waals surface area contributed by atoms with Crippen LogP contribution in [0.4, 0.5) is 0 Å². The number of Topliss-reactive ketones (excluding diaryl/α,β-unsaturated/α-hetero) is 1. The van der Waals surface area contributed by atoms with Gasteiger partial charge in [0.2, 0.25) is 0 Å². The molecule has 0 N–H and O–H groups in total. The minimum absolute atomic E-state index is 0.0178. The third-order valence-electron chi connectivity index (χ3n) is 6.14. The van der Waals surface area contributed by atoms with E-state index >= 15 is 0 Å². The molecule has 0 aromatic heterocycles. The van der Waals surface area contributed by atoms with Crippen LogP contribution in [-0.2, 0) is 23.9 Å². The standard InChI is InChI=1S/C24H34O6Si/c1-6-10-29-24(27)22-20-17-13-15(28-7-2)8-9-16(17)18(14-19(20)25)21(22)23(26)30-11-12-31(3,4)5/h8-9,13,18,20-22H,6-7,10-12,14H2,1-5H3. The predicted octanol–water partition coefficient (Wildman–Crippen LogP) is 4.31. The van der Waals surface area contributed by atoms with Crippen molar-refractivity contribution in [3.8, 4) is 5.75 Å². The molecule has 7 heteroatoms. The van der Waals surface area contributed by atoms with Crippen LogP contribution >= 0.6 is 0 Å². The maximum Gasteiger partial charge on any atom is 0.310 e. The minimum Gasteiger partial charge on any atom is -0.494 e. The van der Waals surface area contributed by atoms with Gasteiger partial charge in [-0.1, -0.05) is 32.6 Å². The summed E-state index contributed by atoms with van der Waals surface area (Å²) in [6.07, 6.45) is 0.924. The predicted molar refractivity (Wildman–Crippen MR) is 120 cm³/mol. The molecule has 0 heterocycles. The summed E-state index contributed by atoms with van der Waals surface area (Å²) in [4.78, 5) is 39.2. The topological polar surface area (TPSA) is 78.9 Å². The summed E-state index contributed by atoms with van der Waals surface area (Å²) in [6, 6.07) is 6.50. The molecule has 170 valence electrons. The first-order chi connectivity index (χ1) is 14.7. The van der Waals surface area contributed by atoms with Crippen LogP contribution in [0.1, 0.15) is 49.7 Å². The van der Waals surface area contributed by atoms with E-state index in [0.717, 1.165) is 17.2 Å². The molecular formula is C24H34O6Si. The SMILES string of the molecule is CCCOC(=O)C1C2C(=O)CC(c3ccc(OCC)cc32)C1C(=O)OCC[Si](C)(C)C. The molecule has 3 aliphatic carbocycles. The molecule has 31 heavy (non-hydrogen) atoms. The van der Waals surface area contributed by atoms with Crippen LogP contribution in [0.2, 0.25) is 25.7 Å². The zero-order chi connectivity index (χ0) is 22.8. The van der Waals surface area contributed by atoms with Gasteiger partial charge in [-0.25, -0.2) is 0 Å². The number of ether oxygens (including phenoxy) is 3. The fourth-order valence-electron chi connectivity index (χ4n) is 4.66. The molecule has 0 radical (unpaired) electrons. The molecule has 4 rings (SSSR count). The first kappa shape index (κ1) is 23.5. The van der Waals surface area contributed by atoms with Crippen molar-refractivity contribution in [2.24, 2.45) is 11.8 Å². The summed E-state index contributed by atoms with van der Waals surface area (Å²) in [5.41, 5.74) is 1.73. The molecule has 3 aliphatic rings. The van der Waals surface area contributed by atoms with Crippen molar-refractivity contribution in [3.05, 3.63) is 29.3 Å². The first-order valence-electron chi connectivity index (χ1n) is 11.3. The van der Waals surface area contributed by atoms with Gasteiger partial charge in [-0.15, -0.1) is 0 Å². The second kappa shape index (κ2) is 9.55. The Morgan fingerprint density at radius 1 is 1.00 bits per heavy atom. The minimum atomic E-state index is -1.37. The van der Waals surface area contributed by atoms with E-state index in [2.05, 4.69) is 19.6 Å². The number of ketones is 1. The van der Waals surface area contributed by atoms with Crippen molar-refractivity contribution < 1.29 is 28.6 Å². The summed E-state index contributed by atoms with van der Waals surface area (Å²) >= 11 is 0. The molecule has 1 saturated carbocycles. The quantitative estimate of drug-likeness (QED) is 0.416. The molecule has 0 saturated heterocycles. The molecule has 0 amide bonds. The molecule has 1 aromatic carbocycles. The number of rotatable bonds is 9. The molecule has 6 nitrogen and oxygen atoms in total. The number of carbonyl (C=O) groups is 3. The van der Waals surface area contributed by atoms with Crippen molar-refractivity contribution in [3.63, 3.8) is 0 Å². The summed E-state index contributed by atoms with van der Waals surface area (Å²) < 4.78 is 16.7. The van der Waals surface area contributed by atoms with E-state index in [1.807, 2.05) is 32.0 Å². The van der Waals surface area contributed by atoms with Crippen LogP contribution in [0.5, 0.6) is 5.75 Å². The van der Waals surface area contributed by atoms with Gasteiger partial charge in [-0.3, -0.25) is 14.4 Å².